The molecule has 110 valence electrons. The van der Waals surface area contributed by atoms with Crippen LogP contribution in [0.1, 0.15) is 31.9 Å². The first-order chi connectivity index (χ1) is 9.63. The molecule has 1 N–H and O–H groups in total. The largest absolute Gasteiger partial charge is 0.448 e. The van der Waals surface area contributed by atoms with Crippen molar-refractivity contribution in [2.24, 2.45) is 11.8 Å². The summed E-state index contributed by atoms with van der Waals surface area (Å²) in [7, 11) is 0. The molecule has 1 aliphatic carbocycles. The third-order valence-electron chi connectivity index (χ3n) is 4.31. The summed E-state index contributed by atoms with van der Waals surface area (Å²) in [5, 5.41) is 3.95. The highest BCUT2D eigenvalue weighted by atomic mass is 35.5. The average molecular weight is 297 g/mol. The van der Waals surface area contributed by atoms with Gasteiger partial charge in [0, 0.05) is 25.0 Å². The van der Waals surface area contributed by atoms with Crippen LogP contribution in [-0.4, -0.2) is 29.9 Å². The number of carbonyl (C=O) groups is 1. The first-order valence-electron chi connectivity index (χ1n) is 7.40. The van der Waals surface area contributed by atoms with Crippen LogP contribution in [0.15, 0.2) is 16.5 Å². The van der Waals surface area contributed by atoms with Crippen LogP contribution in [-0.2, 0) is 11.3 Å². The highest BCUT2D eigenvalue weighted by molar-refractivity contribution is 6.28. The highest BCUT2D eigenvalue weighted by Gasteiger charge is 2.36. The normalized spacial score (nSPS) is 26.8. The second-order valence-electron chi connectivity index (χ2n) is 6.02. The van der Waals surface area contributed by atoms with Crippen molar-refractivity contribution in [1.29, 1.82) is 0 Å². The van der Waals surface area contributed by atoms with Crippen molar-refractivity contribution in [1.82, 2.24) is 10.2 Å². The van der Waals surface area contributed by atoms with E-state index in [1.165, 1.54) is 0 Å². The van der Waals surface area contributed by atoms with Crippen molar-refractivity contribution >= 4 is 17.5 Å². The monoisotopic (exact) mass is 296 g/mol. The number of furan rings is 1. The van der Waals surface area contributed by atoms with Gasteiger partial charge in [0.2, 0.25) is 5.91 Å². The molecule has 20 heavy (non-hydrogen) atoms. The first kappa shape index (κ1) is 14.0. The molecule has 1 aromatic rings. The lowest BCUT2D eigenvalue weighted by Crippen LogP contribution is -2.50. The third kappa shape index (κ3) is 3.18. The van der Waals surface area contributed by atoms with Crippen LogP contribution in [0.2, 0.25) is 5.22 Å². The summed E-state index contributed by atoms with van der Waals surface area (Å²) in [6.45, 7) is 4.64. The number of likely N-dealkylation sites (tertiary alicyclic amines) is 1. The summed E-state index contributed by atoms with van der Waals surface area (Å²) in [6, 6.07) is 4.09. The van der Waals surface area contributed by atoms with Crippen LogP contribution >= 0.6 is 11.6 Å². The Balaban J connectivity index is 1.48. The second-order valence-corrected chi connectivity index (χ2v) is 6.39. The lowest BCUT2D eigenvalue weighted by atomic mass is 9.93. The third-order valence-corrected chi connectivity index (χ3v) is 4.51. The van der Waals surface area contributed by atoms with Gasteiger partial charge in [-0.1, -0.05) is 6.92 Å². The Morgan fingerprint density at radius 2 is 2.25 bits per heavy atom. The fraction of sp³-hybridized carbons (Fsp3) is 0.667. The molecule has 1 amide bonds. The molecule has 0 spiro atoms. The van der Waals surface area contributed by atoms with E-state index in [2.05, 4.69) is 12.2 Å². The Hall–Kier alpha value is -1.00. The SMILES string of the molecule is C[C@@H]1CN(C(=O)C2CC2)CC[C@H]1NCc1ccc(Cl)o1. The van der Waals surface area contributed by atoms with Crippen LogP contribution in [0.5, 0.6) is 0 Å². The first-order valence-corrected chi connectivity index (χ1v) is 7.77. The van der Waals surface area contributed by atoms with Crippen LogP contribution < -0.4 is 5.32 Å². The van der Waals surface area contributed by atoms with E-state index >= 15 is 0 Å². The number of piperidine rings is 1. The molecule has 3 rings (SSSR count). The number of hydrogen-bond donors (Lipinski definition) is 1. The van der Waals surface area contributed by atoms with Gasteiger partial charge in [-0.25, -0.2) is 0 Å². The smallest absolute Gasteiger partial charge is 0.225 e. The van der Waals surface area contributed by atoms with Gasteiger partial charge in [-0.3, -0.25) is 4.79 Å². The van der Waals surface area contributed by atoms with Crippen molar-refractivity contribution < 1.29 is 9.21 Å². The van der Waals surface area contributed by atoms with Gasteiger partial charge in [0.05, 0.1) is 6.54 Å². The average Bonchev–Trinajstić information content (AvgIpc) is 3.20. The van der Waals surface area contributed by atoms with E-state index < -0.39 is 0 Å². The maximum absolute atomic E-state index is 12.1. The number of carbonyl (C=O) groups excluding carboxylic acids is 1. The Morgan fingerprint density at radius 1 is 1.45 bits per heavy atom. The highest BCUT2D eigenvalue weighted by Crippen LogP contribution is 2.32. The predicted octanol–water partition coefficient (Wildman–Crippen LogP) is 2.67. The molecule has 1 saturated heterocycles. The maximum Gasteiger partial charge on any atom is 0.225 e. The van der Waals surface area contributed by atoms with Crippen molar-refractivity contribution in [2.45, 2.75) is 38.8 Å². The van der Waals surface area contributed by atoms with Crippen molar-refractivity contribution in [3.63, 3.8) is 0 Å². The molecule has 4 nitrogen and oxygen atoms in total. The zero-order chi connectivity index (χ0) is 14.1. The van der Waals surface area contributed by atoms with Crippen molar-refractivity contribution in [3.05, 3.63) is 23.1 Å². The van der Waals surface area contributed by atoms with Gasteiger partial charge in [-0.15, -0.1) is 0 Å². The Bertz CT molecular complexity index is 484. The van der Waals surface area contributed by atoms with Crippen LogP contribution in [0.25, 0.3) is 0 Å². The van der Waals surface area contributed by atoms with Crippen molar-refractivity contribution in [2.75, 3.05) is 13.1 Å². The van der Waals surface area contributed by atoms with Crippen LogP contribution in [0.3, 0.4) is 0 Å². The summed E-state index contributed by atoms with van der Waals surface area (Å²) in [5.74, 6) is 2.03. The van der Waals surface area contributed by atoms with Gasteiger partial charge < -0.3 is 14.6 Å². The Labute approximate surface area is 124 Å². The summed E-state index contributed by atoms with van der Waals surface area (Å²) in [6.07, 6.45) is 3.18. The molecule has 2 fully saturated rings. The summed E-state index contributed by atoms with van der Waals surface area (Å²) >= 11 is 5.76. The predicted molar refractivity (Wildman–Crippen MR) is 77.4 cm³/mol. The minimum absolute atomic E-state index is 0.331. The Kier molecular flexibility index (Phi) is 4.03. The van der Waals surface area contributed by atoms with Crippen LogP contribution in [0, 0.1) is 11.8 Å². The molecule has 2 heterocycles. The quantitative estimate of drug-likeness (QED) is 0.929. The number of rotatable bonds is 4. The number of amides is 1. The molecule has 1 aliphatic heterocycles. The van der Waals surface area contributed by atoms with Crippen molar-refractivity contribution in [3.8, 4) is 0 Å². The second kappa shape index (κ2) is 5.78. The minimum Gasteiger partial charge on any atom is -0.448 e. The number of hydrogen-bond acceptors (Lipinski definition) is 3. The molecule has 1 saturated carbocycles. The summed E-state index contributed by atoms with van der Waals surface area (Å²) < 4.78 is 5.35. The molecule has 2 aliphatic rings. The molecule has 0 bridgehead atoms. The standard InChI is InChI=1S/C15H21ClN2O2/c1-10-9-18(15(19)11-2-3-11)7-6-13(10)17-8-12-4-5-14(16)20-12/h4-5,10-11,13,17H,2-3,6-9H2,1H3/t10-,13-/m1/s1. The van der Waals surface area contributed by atoms with E-state index in [4.69, 9.17) is 16.0 Å². The molecule has 2 atom stereocenters. The summed E-state index contributed by atoms with van der Waals surface area (Å²) in [5.41, 5.74) is 0. The van der Waals surface area contributed by atoms with E-state index in [1.807, 2.05) is 11.0 Å². The van der Waals surface area contributed by atoms with Gasteiger partial charge >= 0.3 is 0 Å². The molecule has 5 heteroatoms. The zero-order valence-electron chi connectivity index (χ0n) is 11.8. The minimum atomic E-state index is 0.331. The van der Waals surface area contributed by atoms with Gasteiger partial charge in [0.1, 0.15) is 5.76 Å². The fourth-order valence-corrected chi connectivity index (χ4v) is 3.08. The molecular formula is C15H21ClN2O2. The van der Waals surface area contributed by atoms with Gasteiger partial charge in [0.25, 0.3) is 0 Å². The zero-order valence-corrected chi connectivity index (χ0v) is 12.5. The van der Waals surface area contributed by atoms with E-state index in [9.17, 15) is 4.79 Å². The summed E-state index contributed by atoms with van der Waals surface area (Å²) in [4.78, 5) is 14.1. The van der Waals surface area contributed by atoms with Gasteiger partial charge in [-0.2, -0.15) is 0 Å². The van der Waals surface area contributed by atoms with Gasteiger partial charge in [0.15, 0.2) is 5.22 Å². The molecule has 1 aromatic heterocycles. The molecular weight excluding hydrogens is 276 g/mol. The lowest BCUT2D eigenvalue weighted by molar-refractivity contribution is -0.134. The lowest BCUT2D eigenvalue weighted by Gasteiger charge is -2.37. The topological polar surface area (TPSA) is 45.5 Å². The van der Waals surface area contributed by atoms with E-state index in [-0.39, 0.29) is 0 Å². The van der Waals surface area contributed by atoms with E-state index in [1.54, 1.807) is 6.07 Å². The maximum atomic E-state index is 12.1. The number of nitrogens with one attached hydrogen (secondary N) is 1. The molecule has 0 radical (unpaired) electrons. The van der Waals surface area contributed by atoms with Crippen LogP contribution in [0.4, 0.5) is 0 Å². The Morgan fingerprint density at radius 3 is 2.85 bits per heavy atom. The molecule has 0 unspecified atom stereocenters. The van der Waals surface area contributed by atoms with Gasteiger partial charge in [-0.05, 0) is 48.9 Å². The van der Waals surface area contributed by atoms with E-state index in [0.717, 1.165) is 38.1 Å². The number of halogens is 1. The van der Waals surface area contributed by atoms with E-state index in [0.29, 0.717) is 35.5 Å². The number of nitrogens with zero attached hydrogens (tertiary/aromatic N) is 1. The molecule has 0 aromatic carbocycles. The fourth-order valence-electron chi connectivity index (χ4n) is 2.92.